The van der Waals surface area contributed by atoms with Crippen LogP contribution in [0.15, 0.2) is 72.8 Å². The minimum Gasteiger partial charge on any atom is -0.373 e. The number of hydrazine groups is 1. The van der Waals surface area contributed by atoms with Crippen molar-refractivity contribution in [1.29, 1.82) is 0 Å². The Bertz CT molecular complexity index is 1380. The number of rotatable bonds is 12. The molecule has 3 aromatic rings. The lowest BCUT2D eigenvalue weighted by molar-refractivity contribution is -0.126. The fourth-order valence-electron chi connectivity index (χ4n) is 4.30. The van der Waals surface area contributed by atoms with Crippen LogP contribution in [0.1, 0.15) is 40.9 Å². The lowest BCUT2D eigenvalue weighted by Gasteiger charge is -2.23. The number of hydrogen-bond acceptors (Lipinski definition) is 6. The van der Waals surface area contributed by atoms with Crippen molar-refractivity contribution in [2.24, 2.45) is 0 Å². The van der Waals surface area contributed by atoms with Crippen molar-refractivity contribution in [3.8, 4) is 0 Å². The molecule has 0 spiro atoms. The number of carbonyl (C=O) groups excluding carboxylic acids is 4. The molecular weight excluding hydrogens is 506 g/mol. The number of aryl methyl sites for hydroxylation is 1. The summed E-state index contributed by atoms with van der Waals surface area (Å²) in [7, 11) is 6.00. The summed E-state index contributed by atoms with van der Waals surface area (Å²) in [6.07, 6.45) is 2.85. The van der Waals surface area contributed by atoms with Gasteiger partial charge in [-0.15, -0.1) is 0 Å². The first kappa shape index (κ1) is 30.0. The lowest BCUT2D eigenvalue weighted by Crippen LogP contribution is -2.40. The van der Waals surface area contributed by atoms with E-state index in [1.54, 1.807) is 0 Å². The van der Waals surface area contributed by atoms with Crippen LogP contribution in [-0.2, 0) is 20.8 Å². The Hall–Kier alpha value is -4.50. The molecule has 3 amide bonds. The second-order valence-corrected chi connectivity index (χ2v) is 9.86. The normalized spacial score (nSPS) is 11.8. The molecule has 0 aromatic heterocycles. The van der Waals surface area contributed by atoms with Crippen LogP contribution in [0.2, 0.25) is 0 Å². The van der Waals surface area contributed by atoms with Crippen molar-refractivity contribution in [2.45, 2.75) is 25.8 Å². The van der Waals surface area contributed by atoms with Gasteiger partial charge in [-0.05, 0) is 67.5 Å². The number of anilines is 1. The number of fused-ring (bicyclic) bond motifs is 1. The summed E-state index contributed by atoms with van der Waals surface area (Å²) in [4.78, 5) is 52.1. The molecule has 1 atom stereocenters. The van der Waals surface area contributed by atoms with Gasteiger partial charge in [0.05, 0.1) is 6.04 Å². The van der Waals surface area contributed by atoms with Gasteiger partial charge in [0.2, 0.25) is 5.91 Å². The molecule has 0 aliphatic heterocycles. The van der Waals surface area contributed by atoms with E-state index in [-0.39, 0.29) is 18.4 Å². The van der Waals surface area contributed by atoms with Crippen LogP contribution >= 0.6 is 0 Å². The second kappa shape index (κ2) is 14.6. The highest BCUT2D eigenvalue weighted by atomic mass is 16.2. The fraction of sp³-hybridized carbons (Fsp3) is 0.290. The molecule has 9 heteroatoms. The maximum Gasteiger partial charge on any atom is 0.262 e. The standard InChI is InChI=1S/C31H37N5O4/c1-22(26-12-7-10-23-9-5-6-11-27(23)26)32-31(40)28-21-25(36(4)19-18-35(2)3)16-14-24(28)15-17-30(39)34-33-29(38)13-8-20-37/h5-14,16,20-22H,15,17-19H2,1-4H3,(H,32,40)(H,33,38)(H,34,39)/b13-8+. The molecule has 9 nitrogen and oxygen atoms in total. The van der Waals surface area contributed by atoms with Gasteiger partial charge in [0.15, 0.2) is 0 Å². The Kier molecular flexibility index (Phi) is 11.0. The molecule has 0 saturated carbocycles. The number of likely N-dealkylation sites (N-methyl/N-ethyl adjacent to an activating group) is 2. The van der Waals surface area contributed by atoms with E-state index in [4.69, 9.17) is 0 Å². The summed E-state index contributed by atoms with van der Waals surface area (Å²) < 4.78 is 0. The van der Waals surface area contributed by atoms with E-state index in [0.717, 1.165) is 52.8 Å². The number of benzene rings is 3. The first-order valence-corrected chi connectivity index (χ1v) is 13.2. The fourth-order valence-corrected chi connectivity index (χ4v) is 4.30. The number of amides is 3. The molecule has 1 unspecified atom stereocenters. The van der Waals surface area contributed by atoms with Crippen LogP contribution in [0.25, 0.3) is 10.8 Å². The third kappa shape index (κ3) is 8.51. The van der Waals surface area contributed by atoms with E-state index in [2.05, 4.69) is 26.0 Å². The van der Waals surface area contributed by atoms with Gasteiger partial charge in [0, 0.05) is 43.9 Å². The van der Waals surface area contributed by atoms with Crippen molar-refractivity contribution in [3.63, 3.8) is 0 Å². The average molecular weight is 544 g/mol. The summed E-state index contributed by atoms with van der Waals surface area (Å²) >= 11 is 0. The van der Waals surface area contributed by atoms with E-state index in [1.807, 2.05) is 88.7 Å². The number of hydrogen-bond donors (Lipinski definition) is 3. The second-order valence-electron chi connectivity index (χ2n) is 9.86. The molecule has 3 N–H and O–H groups in total. The minimum atomic E-state index is -0.618. The largest absolute Gasteiger partial charge is 0.373 e. The smallest absolute Gasteiger partial charge is 0.262 e. The molecule has 0 aliphatic rings. The predicted octanol–water partition coefficient (Wildman–Crippen LogP) is 3.16. The highest BCUT2D eigenvalue weighted by Gasteiger charge is 2.19. The highest BCUT2D eigenvalue weighted by Crippen LogP contribution is 2.26. The monoisotopic (exact) mass is 543 g/mol. The first-order chi connectivity index (χ1) is 19.2. The molecule has 0 radical (unpaired) electrons. The van der Waals surface area contributed by atoms with Crippen LogP contribution in [0.5, 0.6) is 0 Å². The maximum absolute atomic E-state index is 13.7. The summed E-state index contributed by atoms with van der Waals surface area (Å²) in [5, 5.41) is 5.33. The van der Waals surface area contributed by atoms with Crippen molar-refractivity contribution in [3.05, 3.63) is 89.5 Å². The van der Waals surface area contributed by atoms with Crippen LogP contribution in [0, 0.1) is 0 Å². The molecular formula is C31H37N5O4. The quantitative estimate of drug-likeness (QED) is 0.184. The van der Waals surface area contributed by atoms with Gasteiger partial charge in [0.25, 0.3) is 11.8 Å². The summed E-state index contributed by atoms with van der Waals surface area (Å²) in [6.45, 7) is 3.59. The van der Waals surface area contributed by atoms with E-state index < -0.39 is 11.8 Å². The molecule has 0 heterocycles. The van der Waals surface area contributed by atoms with Crippen LogP contribution in [0.3, 0.4) is 0 Å². The minimum absolute atomic E-state index is 0.0483. The summed E-state index contributed by atoms with van der Waals surface area (Å²) in [5.41, 5.74) is 7.67. The summed E-state index contributed by atoms with van der Waals surface area (Å²) in [6, 6.07) is 19.5. The lowest BCUT2D eigenvalue weighted by atomic mass is 9.98. The van der Waals surface area contributed by atoms with Gasteiger partial charge >= 0.3 is 0 Å². The van der Waals surface area contributed by atoms with E-state index >= 15 is 0 Å². The van der Waals surface area contributed by atoms with E-state index in [9.17, 15) is 19.2 Å². The molecule has 0 fully saturated rings. The number of nitrogens with zero attached hydrogens (tertiary/aromatic N) is 2. The Morgan fingerprint density at radius 2 is 1.68 bits per heavy atom. The predicted molar refractivity (Wildman–Crippen MR) is 158 cm³/mol. The van der Waals surface area contributed by atoms with Gasteiger partial charge < -0.3 is 15.1 Å². The number of nitrogens with one attached hydrogen (secondary N) is 3. The topological polar surface area (TPSA) is 111 Å². The third-order valence-corrected chi connectivity index (χ3v) is 6.57. The van der Waals surface area contributed by atoms with Gasteiger partial charge in [-0.1, -0.05) is 48.5 Å². The first-order valence-electron chi connectivity index (χ1n) is 13.2. The van der Waals surface area contributed by atoms with Crippen LogP contribution in [0.4, 0.5) is 5.69 Å². The zero-order chi connectivity index (χ0) is 29.1. The zero-order valence-corrected chi connectivity index (χ0v) is 23.4. The number of aldehydes is 1. The van der Waals surface area contributed by atoms with Crippen LogP contribution < -0.4 is 21.1 Å². The Labute approximate surface area is 235 Å². The molecule has 3 aromatic carbocycles. The van der Waals surface area contributed by atoms with Crippen molar-refractivity contribution < 1.29 is 19.2 Å². The van der Waals surface area contributed by atoms with E-state index in [0.29, 0.717) is 18.3 Å². The van der Waals surface area contributed by atoms with Crippen LogP contribution in [-0.4, -0.2) is 63.1 Å². The van der Waals surface area contributed by atoms with Gasteiger partial charge in [-0.2, -0.15) is 0 Å². The highest BCUT2D eigenvalue weighted by molar-refractivity contribution is 5.98. The van der Waals surface area contributed by atoms with Gasteiger partial charge in [-0.25, -0.2) is 0 Å². The average Bonchev–Trinajstić information content (AvgIpc) is 2.96. The van der Waals surface area contributed by atoms with Crippen molar-refractivity contribution >= 4 is 40.5 Å². The molecule has 0 aliphatic carbocycles. The summed E-state index contributed by atoms with van der Waals surface area (Å²) in [5.74, 6) is -1.27. The Morgan fingerprint density at radius 3 is 2.42 bits per heavy atom. The van der Waals surface area contributed by atoms with Gasteiger partial charge in [-0.3, -0.25) is 30.0 Å². The molecule has 0 saturated heterocycles. The number of carbonyl (C=O) groups is 4. The third-order valence-electron chi connectivity index (χ3n) is 6.57. The maximum atomic E-state index is 13.7. The SMILES string of the molecule is CC(NC(=O)c1cc(N(C)CCN(C)C)ccc1CCC(=O)NNC(=O)/C=C/C=O)c1cccc2ccccc12. The zero-order valence-electron chi connectivity index (χ0n) is 23.4. The van der Waals surface area contributed by atoms with Crippen molar-refractivity contribution in [2.75, 3.05) is 39.1 Å². The van der Waals surface area contributed by atoms with E-state index in [1.165, 1.54) is 0 Å². The Morgan fingerprint density at radius 1 is 0.925 bits per heavy atom. The Balaban J connectivity index is 1.80. The molecule has 210 valence electrons. The van der Waals surface area contributed by atoms with Crippen molar-refractivity contribution in [1.82, 2.24) is 21.1 Å². The number of allylic oxidation sites excluding steroid dienone is 1. The molecule has 0 bridgehead atoms. The molecule has 40 heavy (non-hydrogen) atoms. The van der Waals surface area contributed by atoms with Gasteiger partial charge in [0.1, 0.15) is 6.29 Å². The molecule has 3 rings (SSSR count).